The lowest BCUT2D eigenvalue weighted by Gasteiger charge is -2.17. The minimum absolute atomic E-state index is 0.0750. The van der Waals surface area contributed by atoms with Crippen molar-refractivity contribution in [1.82, 2.24) is 0 Å². The van der Waals surface area contributed by atoms with Crippen LogP contribution in [0.25, 0.3) is 0 Å². The van der Waals surface area contributed by atoms with Gasteiger partial charge in [0.1, 0.15) is 11.6 Å². The number of hydrogen-bond acceptors (Lipinski definition) is 3. The van der Waals surface area contributed by atoms with Gasteiger partial charge < -0.3 is 14.8 Å². The third-order valence-electron chi connectivity index (χ3n) is 2.81. The second-order valence-electron chi connectivity index (χ2n) is 5.08. The van der Waals surface area contributed by atoms with Crippen LogP contribution in [0.4, 0.5) is 4.39 Å². The fourth-order valence-corrected chi connectivity index (χ4v) is 1.87. The summed E-state index contributed by atoms with van der Waals surface area (Å²) in [7, 11) is -1.88. The Morgan fingerprint density at radius 2 is 1.89 bits per heavy atom. The standard InChI is InChI=1S/C13H19BClFO3/c1-8(2)4-5-9(3)19-13-6-10(14(17)18)12(16)7-11(13)15/h6-9,17-18H,4-5H2,1-3H3. The summed E-state index contributed by atoms with van der Waals surface area (Å²) in [6.45, 7) is 6.15. The molecule has 0 aliphatic rings. The Morgan fingerprint density at radius 1 is 1.26 bits per heavy atom. The molecule has 0 saturated carbocycles. The highest BCUT2D eigenvalue weighted by molar-refractivity contribution is 6.58. The van der Waals surface area contributed by atoms with Crippen molar-refractivity contribution >= 4 is 24.2 Å². The van der Waals surface area contributed by atoms with E-state index >= 15 is 0 Å². The molecule has 0 heterocycles. The molecule has 0 radical (unpaired) electrons. The predicted octanol–water partition coefficient (Wildman–Crippen LogP) is 2.36. The number of rotatable bonds is 6. The summed E-state index contributed by atoms with van der Waals surface area (Å²) in [5.41, 5.74) is -0.240. The molecule has 0 fully saturated rings. The lowest BCUT2D eigenvalue weighted by molar-refractivity contribution is 0.201. The lowest BCUT2D eigenvalue weighted by Crippen LogP contribution is -2.33. The molecule has 1 rings (SSSR count). The Bertz CT molecular complexity index is 427. The molecule has 0 bridgehead atoms. The van der Waals surface area contributed by atoms with Crippen LogP contribution in [-0.2, 0) is 0 Å². The van der Waals surface area contributed by atoms with Gasteiger partial charge in [-0.15, -0.1) is 0 Å². The van der Waals surface area contributed by atoms with Crippen molar-refractivity contribution < 1.29 is 19.2 Å². The molecule has 0 amide bonds. The van der Waals surface area contributed by atoms with Gasteiger partial charge in [-0.2, -0.15) is 0 Å². The molecule has 3 nitrogen and oxygen atoms in total. The van der Waals surface area contributed by atoms with Crippen molar-refractivity contribution in [1.29, 1.82) is 0 Å². The van der Waals surface area contributed by atoms with Crippen molar-refractivity contribution in [2.45, 2.75) is 39.7 Å². The molecule has 0 aliphatic heterocycles. The maximum atomic E-state index is 13.4. The summed E-state index contributed by atoms with van der Waals surface area (Å²) in [5.74, 6) is 0.0779. The van der Waals surface area contributed by atoms with Crippen LogP contribution in [-0.4, -0.2) is 23.3 Å². The summed E-state index contributed by atoms with van der Waals surface area (Å²) in [5, 5.41) is 18.2. The first-order valence-electron chi connectivity index (χ1n) is 6.33. The molecule has 106 valence electrons. The van der Waals surface area contributed by atoms with Gasteiger partial charge >= 0.3 is 7.12 Å². The SMILES string of the molecule is CC(C)CCC(C)Oc1cc(B(O)O)c(F)cc1Cl. The monoisotopic (exact) mass is 288 g/mol. The summed E-state index contributed by atoms with van der Waals surface area (Å²) in [6.07, 6.45) is 1.78. The van der Waals surface area contributed by atoms with Crippen molar-refractivity contribution in [3.05, 3.63) is 23.0 Å². The third-order valence-corrected chi connectivity index (χ3v) is 3.10. The zero-order valence-corrected chi connectivity index (χ0v) is 12.1. The van der Waals surface area contributed by atoms with E-state index in [4.69, 9.17) is 26.4 Å². The van der Waals surface area contributed by atoms with E-state index < -0.39 is 12.9 Å². The van der Waals surface area contributed by atoms with Crippen molar-refractivity contribution in [3.63, 3.8) is 0 Å². The first-order chi connectivity index (χ1) is 8.81. The Labute approximate surface area is 118 Å². The van der Waals surface area contributed by atoms with Gasteiger partial charge in [0.25, 0.3) is 0 Å². The average molecular weight is 289 g/mol. The number of benzene rings is 1. The quantitative estimate of drug-likeness (QED) is 0.790. The highest BCUT2D eigenvalue weighted by Crippen LogP contribution is 2.26. The van der Waals surface area contributed by atoms with Gasteiger partial charge in [-0.05, 0) is 37.8 Å². The van der Waals surface area contributed by atoms with Crippen LogP contribution in [0.5, 0.6) is 5.75 Å². The first-order valence-corrected chi connectivity index (χ1v) is 6.70. The van der Waals surface area contributed by atoms with E-state index in [0.29, 0.717) is 5.92 Å². The molecule has 0 aromatic heterocycles. The van der Waals surface area contributed by atoms with Crippen molar-refractivity contribution in [2.75, 3.05) is 0 Å². The lowest BCUT2D eigenvalue weighted by atomic mass is 9.80. The maximum Gasteiger partial charge on any atom is 0.491 e. The average Bonchev–Trinajstić information content (AvgIpc) is 2.29. The van der Waals surface area contributed by atoms with Gasteiger partial charge in [0.15, 0.2) is 0 Å². The second-order valence-corrected chi connectivity index (χ2v) is 5.48. The highest BCUT2D eigenvalue weighted by Gasteiger charge is 2.20. The Morgan fingerprint density at radius 3 is 2.42 bits per heavy atom. The zero-order chi connectivity index (χ0) is 14.6. The van der Waals surface area contributed by atoms with Crippen LogP contribution >= 0.6 is 11.6 Å². The number of ether oxygens (including phenoxy) is 1. The summed E-state index contributed by atoms with van der Waals surface area (Å²) in [6, 6.07) is 2.26. The Balaban J connectivity index is 2.80. The summed E-state index contributed by atoms with van der Waals surface area (Å²) in [4.78, 5) is 0. The molecule has 0 aliphatic carbocycles. The Hall–Kier alpha value is -0.775. The number of halogens is 2. The molecular weight excluding hydrogens is 269 g/mol. The fraction of sp³-hybridized carbons (Fsp3) is 0.538. The van der Waals surface area contributed by atoms with E-state index in [1.54, 1.807) is 0 Å². The molecule has 19 heavy (non-hydrogen) atoms. The van der Waals surface area contributed by atoms with E-state index in [0.717, 1.165) is 18.9 Å². The maximum absolute atomic E-state index is 13.4. The second kappa shape index (κ2) is 7.13. The van der Waals surface area contributed by atoms with Crippen LogP contribution in [0.1, 0.15) is 33.6 Å². The minimum atomic E-state index is -1.88. The summed E-state index contributed by atoms with van der Waals surface area (Å²) >= 11 is 5.88. The van der Waals surface area contributed by atoms with Crippen molar-refractivity contribution in [3.8, 4) is 5.75 Å². The van der Waals surface area contributed by atoms with E-state index in [1.165, 1.54) is 6.07 Å². The van der Waals surface area contributed by atoms with Gasteiger partial charge in [0.2, 0.25) is 0 Å². The van der Waals surface area contributed by atoms with Gasteiger partial charge in [-0.3, -0.25) is 0 Å². The molecule has 1 unspecified atom stereocenters. The molecule has 1 aromatic rings. The molecule has 1 aromatic carbocycles. The summed E-state index contributed by atoms with van der Waals surface area (Å²) < 4.78 is 19.0. The van der Waals surface area contributed by atoms with Gasteiger partial charge in [0, 0.05) is 5.46 Å². The molecule has 0 spiro atoms. The highest BCUT2D eigenvalue weighted by atomic mass is 35.5. The molecule has 6 heteroatoms. The van der Waals surface area contributed by atoms with E-state index in [9.17, 15) is 4.39 Å². The smallest absolute Gasteiger partial charge is 0.489 e. The van der Waals surface area contributed by atoms with E-state index in [1.807, 2.05) is 6.92 Å². The normalized spacial score (nSPS) is 12.6. The van der Waals surface area contributed by atoms with Crippen LogP contribution in [0.2, 0.25) is 5.02 Å². The molecule has 2 N–H and O–H groups in total. The van der Waals surface area contributed by atoms with Crippen LogP contribution in [0.15, 0.2) is 12.1 Å². The molecule has 1 atom stereocenters. The first kappa shape index (κ1) is 16.3. The third kappa shape index (κ3) is 5.01. The van der Waals surface area contributed by atoms with Gasteiger partial charge in [-0.25, -0.2) is 4.39 Å². The largest absolute Gasteiger partial charge is 0.491 e. The van der Waals surface area contributed by atoms with E-state index in [2.05, 4.69) is 13.8 Å². The van der Waals surface area contributed by atoms with Crippen LogP contribution < -0.4 is 10.2 Å². The Kier molecular flexibility index (Phi) is 6.11. The van der Waals surface area contributed by atoms with Crippen LogP contribution in [0, 0.1) is 11.7 Å². The minimum Gasteiger partial charge on any atom is -0.489 e. The van der Waals surface area contributed by atoms with Gasteiger partial charge in [-0.1, -0.05) is 25.4 Å². The topological polar surface area (TPSA) is 49.7 Å². The van der Waals surface area contributed by atoms with Crippen molar-refractivity contribution in [2.24, 2.45) is 5.92 Å². The predicted molar refractivity (Wildman–Crippen MR) is 75.4 cm³/mol. The molecular formula is C13H19BClFO3. The number of hydrogen-bond donors (Lipinski definition) is 2. The van der Waals surface area contributed by atoms with E-state index in [-0.39, 0.29) is 22.3 Å². The van der Waals surface area contributed by atoms with Gasteiger partial charge in [0.05, 0.1) is 11.1 Å². The zero-order valence-electron chi connectivity index (χ0n) is 11.4. The fourth-order valence-electron chi connectivity index (χ4n) is 1.68. The molecule has 0 saturated heterocycles. The van der Waals surface area contributed by atoms with Crippen LogP contribution in [0.3, 0.4) is 0 Å².